The molecule has 4 aromatic rings. The molecule has 1 heterocycles. The Hall–Kier alpha value is -3.11. The summed E-state index contributed by atoms with van der Waals surface area (Å²) in [6.07, 6.45) is 1.86. The molecule has 0 fully saturated rings. The molecule has 0 amide bonds. The highest BCUT2D eigenvalue weighted by Gasteiger charge is 2.10. The molecule has 4 rings (SSSR count). The van der Waals surface area contributed by atoms with E-state index in [4.69, 9.17) is 16.6 Å². The SMILES string of the molecule is CN(C)c1ccc(C=Nc2nc3ccccc3n2Cc2ccc(Cl)cc2)cc1. The van der Waals surface area contributed by atoms with Crippen molar-refractivity contribution in [2.24, 2.45) is 4.99 Å². The summed E-state index contributed by atoms with van der Waals surface area (Å²) in [6.45, 7) is 0.684. The molecule has 4 nitrogen and oxygen atoms in total. The maximum atomic E-state index is 6.02. The molecule has 5 heteroatoms. The van der Waals surface area contributed by atoms with Crippen molar-refractivity contribution in [1.29, 1.82) is 0 Å². The molecule has 0 aliphatic carbocycles. The molecule has 28 heavy (non-hydrogen) atoms. The Morgan fingerprint density at radius 3 is 2.39 bits per heavy atom. The molecule has 0 saturated heterocycles. The van der Waals surface area contributed by atoms with E-state index >= 15 is 0 Å². The van der Waals surface area contributed by atoms with Gasteiger partial charge in [0.25, 0.3) is 0 Å². The highest BCUT2D eigenvalue weighted by molar-refractivity contribution is 6.30. The van der Waals surface area contributed by atoms with Crippen LogP contribution < -0.4 is 4.90 Å². The van der Waals surface area contributed by atoms with E-state index in [0.717, 1.165) is 32.9 Å². The van der Waals surface area contributed by atoms with Crippen LogP contribution in [0.2, 0.25) is 5.02 Å². The number of fused-ring (bicyclic) bond motifs is 1. The summed E-state index contributed by atoms with van der Waals surface area (Å²) < 4.78 is 2.13. The van der Waals surface area contributed by atoms with Crippen LogP contribution in [-0.4, -0.2) is 29.9 Å². The van der Waals surface area contributed by atoms with Crippen molar-refractivity contribution in [2.75, 3.05) is 19.0 Å². The van der Waals surface area contributed by atoms with Crippen molar-refractivity contribution in [1.82, 2.24) is 9.55 Å². The molecule has 3 aromatic carbocycles. The smallest absolute Gasteiger partial charge is 0.230 e. The number of para-hydroxylation sites is 2. The van der Waals surface area contributed by atoms with E-state index in [1.807, 2.05) is 62.8 Å². The van der Waals surface area contributed by atoms with Gasteiger partial charge in [-0.05, 0) is 47.5 Å². The summed E-state index contributed by atoms with van der Waals surface area (Å²) in [7, 11) is 4.06. The third-order valence-electron chi connectivity index (χ3n) is 4.63. The monoisotopic (exact) mass is 388 g/mol. The van der Waals surface area contributed by atoms with Gasteiger partial charge < -0.3 is 9.47 Å². The zero-order chi connectivity index (χ0) is 19.5. The van der Waals surface area contributed by atoms with Crippen LogP contribution in [0.3, 0.4) is 0 Å². The molecule has 0 atom stereocenters. The fraction of sp³-hybridized carbons (Fsp3) is 0.130. The van der Waals surface area contributed by atoms with Gasteiger partial charge in [-0.25, -0.2) is 9.98 Å². The maximum Gasteiger partial charge on any atom is 0.230 e. The molecule has 0 spiro atoms. The van der Waals surface area contributed by atoms with E-state index in [1.54, 1.807) is 0 Å². The van der Waals surface area contributed by atoms with Crippen LogP contribution in [0.15, 0.2) is 77.8 Å². The number of nitrogens with zero attached hydrogens (tertiary/aromatic N) is 4. The van der Waals surface area contributed by atoms with Crippen molar-refractivity contribution < 1.29 is 0 Å². The van der Waals surface area contributed by atoms with Crippen molar-refractivity contribution >= 4 is 40.5 Å². The lowest BCUT2D eigenvalue weighted by Gasteiger charge is -2.11. The van der Waals surface area contributed by atoms with Crippen LogP contribution in [0.25, 0.3) is 11.0 Å². The lowest BCUT2D eigenvalue weighted by atomic mass is 10.2. The molecule has 140 valence electrons. The largest absolute Gasteiger partial charge is 0.378 e. The summed E-state index contributed by atoms with van der Waals surface area (Å²) in [4.78, 5) is 11.5. The second kappa shape index (κ2) is 7.87. The Bertz CT molecular complexity index is 1110. The van der Waals surface area contributed by atoms with E-state index in [2.05, 4.69) is 44.8 Å². The van der Waals surface area contributed by atoms with Crippen LogP contribution in [0.1, 0.15) is 11.1 Å². The van der Waals surface area contributed by atoms with E-state index in [9.17, 15) is 0 Å². The topological polar surface area (TPSA) is 33.4 Å². The quantitative estimate of drug-likeness (QED) is 0.420. The van der Waals surface area contributed by atoms with Crippen LogP contribution in [-0.2, 0) is 6.54 Å². The van der Waals surface area contributed by atoms with Crippen LogP contribution in [0.5, 0.6) is 0 Å². The number of aliphatic imine (C=N–C) groups is 1. The van der Waals surface area contributed by atoms with E-state index in [-0.39, 0.29) is 0 Å². The normalized spacial score (nSPS) is 11.4. The molecule has 0 unspecified atom stereocenters. The van der Waals surface area contributed by atoms with Gasteiger partial charge in [0.2, 0.25) is 5.95 Å². The molecule has 1 aromatic heterocycles. The fourth-order valence-electron chi connectivity index (χ4n) is 3.08. The predicted molar refractivity (Wildman–Crippen MR) is 118 cm³/mol. The average Bonchev–Trinajstić information content (AvgIpc) is 3.06. The molecule has 0 saturated carbocycles. The summed E-state index contributed by atoms with van der Waals surface area (Å²) >= 11 is 6.02. The number of rotatable bonds is 5. The van der Waals surface area contributed by atoms with Crippen molar-refractivity contribution in [2.45, 2.75) is 6.54 Å². The van der Waals surface area contributed by atoms with Crippen molar-refractivity contribution in [3.8, 4) is 0 Å². The zero-order valence-electron chi connectivity index (χ0n) is 15.9. The van der Waals surface area contributed by atoms with Gasteiger partial charge in [0.15, 0.2) is 0 Å². The summed E-state index contributed by atoms with van der Waals surface area (Å²) in [6, 6.07) is 24.3. The van der Waals surface area contributed by atoms with Gasteiger partial charge in [0.1, 0.15) is 0 Å². The first-order valence-corrected chi connectivity index (χ1v) is 9.49. The van der Waals surface area contributed by atoms with Crippen LogP contribution in [0.4, 0.5) is 11.6 Å². The Morgan fingerprint density at radius 1 is 0.964 bits per heavy atom. The number of anilines is 1. The lowest BCUT2D eigenvalue weighted by Crippen LogP contribution is -2.08. The Morgan fingerprint density at radius 2 is 1.68 bits per heavy atom. The molecular weight excluding hydrogens is 368 g/mol. The minimum Gasteiger partial charge on any atom is -0.378 e. The summed E-state index contributed by atoms with van der Waals surface area (Å²) in [5, 5.41) is 0.735. The first-order chi connectivity index (χ1) is 13.6. The first-order valence-electron chi connectivity index (χ1n) is 9.11. The number of hydrogen-bond acceptors (Lipinski definition) is 3. The average molecular weight is 389 g/mol. The van der Waals surface area contributed by atoms with Gasteiger partial charge >= 0.3 is 0 Å². The van der Waals surface area contributed by atoms with Crippen molar-refractivity contribution in [3.05, 3.63) is 88.9 Å². The van der Waals surface area contributed by atoms with E-state index < -0.39 is 0 Å². The molecular formula is C23H21ClN4. The van der Waals surface area contributed by atoms with Crippen LogP contribution >= 0.6 is 11.6 Å². The molecule has 0 aliphatic rings. The third kappa shape index (κ3) is 3.92. The van der Waals surface area contributed by atoms with Gasteiger partial charge in [-0.3, -0.25) is 0 Å². The predicted octanol–water partition coefficient (Wildman–Crippen LogP) is 5.55. The van der Waals surface area contributed by atoms with Gasteiger partial charge in [-0.2, -0.15) is 0 Å². The standard InChI is InChI=1S/C23H21ClN4/c1-27(2)20-13-9-17(10-14-20)15-25-23-26-21-5-3-4-6-22(21)28(23)16-18-7-11-19(24)12-8-18/h3-15H,16H2,1-2H3. The second-order valence-electron chi connectivity index (χ2n) is 6.86. The summed E-state index contributed by atoms with van der Waals surface area (Å²) in [5.41, 5.74) is 5.35. The van der Waals surface area contributed by atoms with Crippen molar-refractivity contribution in [3.63, 3.8) is 0 Å². The Balaban J connectivity index is 1.68. The second-order valence-corrected chi connectivity index (χ2v) is 7.29. The molecule has 0 radical (unpaired) electrons. The first kappa shape index (κ1) is 18.3. The third-order valence-corrected chi connectivity index (χ3v) is 4.88. The maximum absolute atomic E-state index is 6.02. The number of hydrogen-bond donors (Lipinski definition) is 0. The lowest BCUT2D eigenvalue weighted by molar-refractivity contribution is 0.827. The van der Waals surface area contributed by atoms with Gasteiger partial charge in [0, 0.05) is 31.0 Å². The van der Waals surface area contributed by atoms with Gasteiger partial charge in [-0.15, -0.1) is 0 Å². The highest BCUT2D eigenvalue weighted by atomic mass is 35.5. The van der Waals surface area contributed by atoms with Gasteiger partial charge in [0.05, 0.1) is 17.6 Å². The fourth-order valence-corrected chi connectivity index (χ4v) is 3.21. The number of imidazole rings is 1. The highest BCUT2D eigenvalue weighted by Crippen LogP contribution is 2.24. The number of benzene rings is 3. The van der Waals surface area contributed by atoms with Crippen LogP contribution in [0, 0.1) is 0 Å². The summed E-state index contributed by atoms with van der Waals surface area (Å²) in [5.74, 6) is 0.688. The Kier molecular flexibility index (Phi) is 5.13. The molecule has 0 bridgehead atoms. The van der Waals surface area contributed by atoms with E-state index in [0.29, 0.717) is 12.5 Å². The van der Waals surface area contributed by atoms with Gasteiger partial charge in [-0.1, -0.05) is 48.0 Å². The van der Waals surface area contributed by atoms with E-state index in [1.165, 1.54) is 0 Å². The minimum atomic E-state index is 0.684. The number of aromatic nitrogens is 2. The minimum absolute atomic E-state index is 0.684. The molecule has 0 N–H and O–H groups in total. The molecule has 0 aliphatic heterocycles. The zero-order valence-corrected chi connectivity index (χ0v) is 16.6. The number of halogens is 1. The Labute approximate surface area is 169 Å².